The fourth-order valence-electron chi connectivity index (χ4n) is 0.807. The van der Waals surface area contributed by atoms with Crippen LogP contribution in [0.25, 0.3) is 0 Å². The van der Waals surface area contributed by atoms with E-state index in [9.17, 15) is 0 Å². The number of hydrogen-bond donors (Lipinski definition) is 2. The zero-order chi connectivity index (χ0) is 9.56. The van der Waals surface area contributed by atoms with Crippen LogP contribution in [0.5, 0.6) is 0 Å². The van der Waals surface area contributed by atoms with Gasteiger partial charge in [-0.1, -0.05) is 35.4 Å². The second-order valence-electron chi connectivity index (χ2n) is 2.40. The Labute approximate surface area is 84.8 Å². The van der Waals surface area contributed by atoms with E-state index in [2.05, 4.69) is 38.1 Å². The third-order valence-corrected chi connectivity index (χ3v) is 1.17. The Bertz CT molecular complexity index is 283. The van der Waals surface area contributed by atoms with Crippen LogP contribution in [-0.2, 0) is 11.0 Å². The summed E-state index contributed by atoms with van der Waals surface area (Å²) in [6.45, 7) is 4.21. The fraction of sp³-hybridized carbons (Fsp3) is 0.250. The van der Waals surface area contributed by atoms with Crippen molar-refractivity contribution in [3.63, 3.8) is 0 Å². The zero-order valence-corrected chi connectivity index (χ0v) is 8.91. The van der Waals surface area contributed by atoms with Gasteiger partial charge in [-0.3, -0.25) is 4.55 Å². The van der Waals surface area contributed by atoms with Crippen LogP contribution in [0, 0.1) is 13.8 Å². The van der Waals surface area contributed by atoms with Gasteiger partial charge in [0, 0.05) is 0 Å². The van der Waals surface area contributed by atoms with Crippen molar-refractivity contribution in [1.82, 2.24) is 0 Å². The molecule has 1 aromatic rings. The minimum Gasteiger partial charge on any atom is -0.412 e. The van der Waals surface area contributed by atoms with E-state index >= 15 is 0 Å². The second kappa shape index (κ2) is 10.1. The molecule has 0 spiro atoms. The molecule has 0 bridgehead atoms. The van der Waals surface area contributed by atoms with Gasteiger partial charge in [0.15, 0.2) is 0 Å². The molecule has 0 aliphatic carbocycles. The summed E-state index contributed by atoms with van der Waals surface area (Å²) in [5, 5.41) is 0. The van der Waals surface area contributed by atoms with Gasteiger partial charge < -0.3 is 11.0 Å². The molecule has 0 saturated heterocycles. The average molecular weight is 224 g/mol. The third-order valence-electron chi connectivity index (χ3n) is 1.17. The summed E-state index contributed by atoms with van der Waals surface area (Å²) in [5.41, 5.74) is 2.68. The summed E-state index contributed by atoms with van der Waals surface area (Å²) in [6.07, 6.45) is 0. The molecule has 84 valence electrons. The van der Waals surface area contributed by atoms with Crippen molar-refractivity contribution in [3.8, 4) is 0 Å². The Morgan fingerprint density at radius 2 is 1.36 bits per heavy atom. The van der Waals surface area contributed by atoms with E-state index in [1.165, 1.54) is 11.1 Å². The first-order valence-corrected chi connectivity index (χ1v) is 4.52. The summed E-state index contributed by atoms with van der Waals surface area (Å²) in [6, 6.07) is 8.45. The molecule has 0 heterocycles. The lowest BCUT2D eigenvalue weighted by molar-refractivity contribution is 0.509. The van der Waals surface area contributed by atoms with E-state index in [0.717, 1.165) is 0 Å². The highest BCUT2D eigenvalue weighted by Crippen LogP contribution is 2.00. The average Bonchev–Trinajstić information content (AvgIpc) is 1.84. The minimum atomic E-state index is -3.12. The Hall–Kier alpha value is -0.950. The van der Waals surface area contributed by atoms with Gasteiger partial charge in [0.1, 0.15) is 0 Å². The molecular formula is C8H16O5S. The zero-order valence-electron chi connectivity index (χ0n) is 8.02. The van der Waals surface area contributed by atoms with Crippen LogP contribution in [0.1, 0.15) is 11.1 Å². The van der Waals surface area contributed by atoms with E-state index in [4.69, 9.17) is 13.0 Å². The van der Waals surface area contributed by atoms with E-state index in [1.807, 2.05) is 0 Å². The lowest BCUT2D eigenvalue weighted by atomic mass is 10.2. The smallest absolute Gasteiger partial charge is 0.254 e. The maximum atomic E-state index is 8.59. The molecule has 1 aromatic carbocycles. The summed E-state index contributed by atoms with van der Waals surface area (Å²) >= 11 is 0. The standard InChI is InChI=1S/C8H10.H2O3S.2H2O/c1-7-4-3-5-8(2)6-7;1-4(2)3;;/h3-6H,1-2H3;4H,(H,1,2,3);2*1H2. The Balaban J connectivity index is -0.000000180. The first kappa shape index (κ1) is 18.8. The van der Waals surface area contributed by atoms with E-state index in [1.54, 1.807) is 0 Å². The lowest BCUT2D eigenvalue weighted by Crippen LogP contribution is -1.71. The van der Waals surface area contributed by atoms with Crippen molar-refractivity contribution in [2.45, 2.75) is 13.8 Å². The molecule has 0 aromatic heterocycles. The topological polar surface area (TPSA) is 117 Å². The molecule has 1 rings (SSSR count). The first-order chi connectivity index (χ1) is 5.52. The molecule has 0 aliphatic heterocycles. The van der Waals surface area contributed by atoms with Crippen molar-refractivity contribution in [2.24, 2.45) is 0 Å². The van der Waals surface area contributed by atoms with Crippen LogP contribution in [0.3, 0.4) is 0 Å². The second-order valence-corrected chi connectivity index (χ2v) is 2.87. The van der Waals surface area contributed by atoms with Gasteiger partial charge >= 0.3 is 0 Å². The maximum absolute atomic E-state index is 8.59. The molecule has 0 atom stereocenters. The lowest BCUT2D eigenvalue weighted by Gasteiger charge is -1.90. The molecule has 6 heteroatoms. The van der Waals surface area contributed by atoms with Crippen LogP contribution in [0.15, 0.2) is 24.3 Å². The van der Waals surface area contributed by atoms with Gasteiger partial charge in [-0.05, 0) is 13.8 Å². The summed E-state index contributed by atoms with van der Waals surface area (Å²) in [5.74, 6) is 0. The van der Waals surface area contributed by atoms with Crippen molar-refractivity contribution < 1.29 is 23.9 Å². The van der Waals surface area contributed by atoms with Crippen LogP contribution in [0.4, 0.5) is 0 Å². The molecule has 0 aliphatic rings. The minimum absolute atomic E-state index is 0. The molecule has 0 saturated carbocycles. The predicted molar refractivity (Wildman–Crippen MR) is 56.1 cm³/mol. The van der Waals surface area contributed by atoms with Crippen LogP contribution >= 0.6 is 0 Å². The van der Waals surface area contributed by atoms with Gasteiger partial charge in [-0.25, -0.2) is 8.42 Å². The molecule has 0 fully saturated rings. The van der Waals surface area contributed by atoms with Gasteiger partial charge in [0.25, 0.3) is 11.0 Å². The third kappa shape index (κ3) is 13.6. The highest BCUT2D eigenvalue weighted by molar-refractivity contribution is 7.66. The largest absolute Gasteiger partial charge is 0.412 e. The predicted octanol–water partition coefficient (Wildman–Crippen LogP) is -0.275. The van der Waals surface area contributed by atoms with Crippen LogP contribution in [-0.4, -0.2) is 23.9 Å². The highest BCUT2D eigenvalue weighted by atomic mass is 32.2. The highest BCUT2D eigenvalue weighted by Gasteiger charge is 1.80. The van der Waals surface area contributed by atoms with Crippen molar-refractivity contribution in [3.05, 3.63) is 35.4 Å². The molecule has 0 amide bonds. The Kier molecular flexibility index (Phi) is 13.6. The molecular weight excluding hydrogens is 208 g/mol. The van der Waals surface area contributed by atoms with Crippen LogP contribution in [0.2, 0.25) is 0 Å². The number of thiol groups is 1. The van der Waals surface area contributed by atoms with Gasteiger partial charge in [-0.2, -0.15) is 0 Å². The number of hydrogen-bond acceptors (Lipinski definition) is 2. The van der Waals surface area contributed by atoms with Crippen molar-refractivity contribution >= 4 is 11.0 Å². The summed E-state index contributed by atoms with van der Waals surface area (Å²) < 4.78 is 24.2. The Morgan fingerprint density at radius 3 is 1.50 bits per heavy atom. The van der Waals surface area contributed by atoms with Gasteiger partial charge in [0.2, 0.25) is 0 Å². The molecule has 5 N–H and O–H groups in total. The number of rotatable bonds is 0. The van der Waals surface area contributed by atoms with Crippen molar-refractivity contribution in [2.75, 3.05) is 0 Å². The van der Waals surface area contributed by atoms with Gasteiger partial charge in [0.05, 0.1) is 0 Å². The first-order valence-electron chi connectivity index (χ1n) is 3.39. The van der Waals surface area contributed by atoms with Crippen LogP contribution < -0.4 is 0 Å². The number of aryl methyl sites for hydroxylation is 2. The summed E-state index contributed by atoms with van der Waals surface area (Å²) in [7, 11) is -3.12. The molecule has 5 nitrogen and oxygen atoms in total. The quantitative estimate of drug-likeness (QED) is 0.466. The van der Waals surface area contributed by atoms with Gasteiger partial charge in [-0.15, -0.1) is 0 Å². The Morgan fingerprint density at radius 1 is 1.07 bits per heavy atom. The van der Waals surface area contributed by atoms with E-state index in [0.29, 0.717) is 0 Å². The SMILES string of the molecule is Cc1cccc(C)c1.O.O.O=[SH](=O)O. The van der Waals surface area contributed by atoms with Crippen molar-refractivity contribution in [1.29, 1.82) is 0 Å². The van der Waals surface area contributed by atoms with E-state index < -0.39 is 11.0 Å². The van der Waals surface area contributed by atoms with E-state index in [-0.39, 0.29) is 11.0 Å². The summed E-state index contributed by atoms with van der Waals surface area (Å²) in [4.78, 5) is 0. The fourth-order valence-corrected chi connectivity index (χ4v) is 0.807. The molecule has 0 radical (unpaired) electrons. The number of benzene rings is 1. The monoisotopic (exact) mass is 224 g/mol. The maximum Gasteiger partial charge on any atom is 0.254 e. The molecule has 0 unspecified atom stereocenters. The molecule has 14 heavy (non-hydrogen) atoms. The normalized spacial score (nSPS) is 7.71.